The predicted octanol–water partition coefficient (Wildman–Crippen LogP) is 3.54. The lowest BCUT2D eigenvalue weighted by Gasteiger charge is -2.24. The van der Waals surface area contributed by atoms with Crippen molar-refractivity contribution in [3.8, 4) is 0 Å². The van der Waals surface area contributed by atoms with Gasteiger partial charge < -0.3 is 5.11 Å². The van der Waals surface area contributed by atoms with Crippen molar-refractivity contribution in [3.05, 3.63) is 34.6 Å². The van der Waals surface area contributed by atoms with Gasteiger partial charge in [-0.15, -0.1) is 0 Å². The summed E-state index contributed by atoms with van der Waals surface area (Å²) >= 11 is 6.13. The van der Waals surface area contributed by atoms with E-state index in [1.54, 1.807) is 12.1 Å². The molecule has 1 atom stereocenters. The zero-order valence-electron chi connectivity index (χ0n) is 14.0. The predicted molar refractivity (Wildman–Crippen MR) is 93.3 cm³/mol. The molecular weight excluding hydrogens is 315 g/mol. The average molecular weight is 343 g/mol. The molecule has 0 amide bonds. The molecule has 1 aromatic carbocycles. The van der Waals surface area contributed by atoms with Crippen molar-refractivity contribution >= 4 is 11.6 Å². The molecule has 3 nitrogen and oxygen atoms in total. The minimum absolute atomic E-state index is 0.228. The van der Waals surface area contributed by atoms with E-state index in [0.717, 1.165) is 58.4 Å². The molecular formula is C18H28ClFN2O. The van der Waals surface area contributed by atoms with Crippen molar-refractivity contribution in [2.45, 2.75) is 45.3 Å². The van der Waals surface area contributed by atoms with Crippen LogP contribution in [0, 0.1) is 5.82 Å². The van der Waals surface area contributed by atoms with Crippen LogP contribution in [0.5, 0.6) is 0 Å². The van der Waals surface area contributed by atoms with Gasteiger partial charge in [-0.05, 0) is 38.1 Å². The van der Waals surface area contributed by atoms with E-state index in [4.69, 9.17) is 11.6 Å². The maximum Gasteiger partial charge on any atom is 0.129 e. The van der Waals surface area contributed by atoms with Gasteiger partial charge in [-0.1, -0.05) is 37.4 Å². The highest BCUT2D eigenvalue weighted by Gasteiger charge is 2.19. The maximum absolute atomic E-state index is 13.9. The van der Waals surface area contributed by atoms with Crippen LogP contribution in [0.25, 0.3) is 0 Å². The first-order valence-corrected chi connectivity index (χ1v) is 9.03. The van der Waals surface area contributed by atoms with Crippen LogP contribution in [0.15, 0.2) is 18.2 Å². The summed E-state index contributed by atoms with van der Waals surface area (Å²) in [5.41, 5.74) is 0.589. The largest absolute Gasteiger partial charge is 0.392 e. The Hall–Kier alpha value is -0.680. The lowest BCUT2D eigenvalue weighted by Crippen LogP contribution is -2.35. The molecule has 0 bridgehead atoms. The van der Waals surface area contributed by atoms with Gasteiger partial charge in [0.05, 0.1) is 6.10 Å². The molecule has 1 N–H and O–H groups in total. The normalized spacial score (nSPS) is 18.8. The molecule has 1 aliphatic rings. The van der Waals surface area contributed by atoms with Gasteiger partial charge in [0.1, 0.15) is 5.82 Å². The molecule has 0 aliphatic carbocycles. The van der Waals surface area contributed by atoms with Gasteiger partial charge in [-0.2, -0.15) is 0 Å². The second-order valence-electron chi connectivity index (χ2n) is 6.43. The molecule has 130 valence electrons. The van der Waals surface area contributed by atoms with Gasteiger partial charge >= 0.3 is 0 Å². The van der Waals surface area contributed by atoms with Crippen molar-refractivity contribution in [2.75, 3.05) is 32.7 Å². The number of aliphatic hydroxyl groups excluding tert-OH is 1. The van der Waals surface area contributed by atoms with Crippen LogP contribution in [0.4, 0.5) is 4.39 Å². The molecule has 1 heterocycles. The van der Waals surface area contributed by atoms with E-state index in [1.807, 2.05) is 0 Å². The van der Waals surface area contributed by atoms with Crippen LogP contribution in [-0.4, -0.2) is 53.7 Å². The summed E-state index contributed by atoms with van der Waals surface area (Å²) in [5.74, 6) is -0.228. The smallest absolute Gasteiger partial charge is 0.129 e. The van der Waals surface area contributed by atoms with E-state index in [-0.39, 0.29) is 11.9 Å². The first kappa shape index (κ1) is 18.7. The highest BCUT2D eigenvalue weighted by molar-refractivity contribution is 6.31. The molecule has 2 rings (SSSR count). The minimum Gasteiger partial charge on any atom is -0.392 e. The molecule has 0 spiro atoms. The Morgan fingerprint density at radius 1 is 1.22 bits per heavy atom. The Balaban J connectivity index is 1.84. The first-order chi connectivity index (χ1) is 11.1. The summed E-state index contributed by atoms with van der Waals surface area (Å²) in [6.07, 6.45) is 3.87. The second kappa shape index (κ2) is 9.58. The van der Waals surface area contributed by atoms with Gasteiger partial charge in [0, 0.05) is 36.8 Å². The first-order valence-electron chi connectivity index (χ1n) is 8.65. The van der Waals surface area contributed by atoms with E-state index in [2.05, 4.69) is 16.7 Å². The molecule has 0 radical (unpaired) electrons. The molecule has 0 saturated carbocycles. The fraction of sp³-hybridized carbons (Fsp3) is 0.667. The summed E-state index contributed by atoms with van der Waals surface area (Å²) in [6, 6.07) is 4.85. The number of hydrogen-bond acceptors (Lipinski definition) is 3. The summed E-state index contributed by atoms with van der Waals surface area (Å²) < 4.78 is 13.9. The van der Waals surface area contributed by atoms with Crippen LogP contribution in [0.3, 0.4) is 0 Å². The van der Waals surface area contributed by atoms with E-state index in [0.29, 0.717) is 17.1 Å². The topological polar surface area (TPSA) is 26.7 Å². The average Bonchev–Trinajstić information content (AvgIpc) is 2.74. The number of rotatable bonds is 7. The van der Waals surface area contributed by atoms with E-state index >= 15 is 0 Å². The Morgan fingerprint density at radius 3 is 2.70 bits per heavy atom. The van der Waals surface area contributed by atoms with E-state index < -0.39 is 0 Å². The number of aliphatic hydroxyl groups is 1. The molecule has 1 fully saturated rings. The Labute approximate surface area is 144 Å². The Bertz CT molecular complexity index is 466. The van der Waals surface area contributed by atoms with Crippen molar-refractivity contribution in [2.24, 2.45) is 0 Å². The highest BCUT2D eigenvalue weighted by Crippen LogP contribution is 2.21. The zero-order chi connectivity index (χ0) is 16.7. The highest BCUT2D eigenvalue weighted by atomic mass is 35.5. The van der Waals surface area contributed by atoms with Crippen LogP contribution in [0.2, 0.25) is 5.02 Å². The molecule has 1 aliphatic heterocycles. The maximum atomic E-state index is 13.9. The summed E-state index contributed by atoms with van der Waals surface area (Å²) in [4.78, 5) is 4.58. The fourth-order valence-corrected chi connectivity index (χ4v) is 3.32. The van der Waals surface area contributed by atoms with Crippen LogP contribution in [-0.2, 0) is 6.54 Å². The summed E-state index contributed by atoms with van der Waals surface area (Å²) in [6.45, 7) is 7.16. The molecule has 5 heteroatoms. The molecule has 1 saturated heterocycles. The number of halogens is 2. The number of hydrogen-bond donors (Lipinski definition) is 1. The van der Waals surface area contributed by atoms with E-state index in [9.17, 15) is 9.50 Å². The monoisotopic (exact) mass is 342 g/mol. The van der Waals surface area contributed by atoms with Gasteiger partial charge in [-0.25, -0.2) is 4.39 Å². The summed E-state index contributed by atoms with van der Waals surface area (Å²) in [7, 11) is 0. The van der Waals surface area contributed by atoms with Crippen LogP contribution < -0.4 is 0 Å². The molecule has 23 heavy (non-hydrogen) atoms. The lowest BCUT2D eigenvalue weighted by molar-refractivity contribution is 0.105. The fourth-order valence-electron chi connectivity index (χ4n) is 3.10. The van der Waals surface area contributed by atoms with Gasteiger partial charge in [0.15, 0.2) is 0 Å². The number of β-amino-alcohol motifs (C(OH)–C–C–N with tert-alkyl or cyclic N) is 1. The standard InChI is InChI=1S/C18H28ClFN2O/c1-2-3-6-15(23)13-21-9-5-10-22(12-11-21)14-16-17(19)7-4-8-18(16)20/h4,7-8,15,23H,2-3,5-6,9-14H2,1H3. The number of nitrogens with zero attached hydrogens (tertiary/aromatic N) is 2. The Kier molecular flexibility index (Phi) is 7.77. The minimum atomic E-state index is -0.234. The number of benzene rings is 1. The molecule has 0 aromatic heterocycles. The third-order valence-electron chi connectivity index (χ3n) is 4.48. The van der Waals surface area contributed by atoms with Crippen LogP contribution >= 0.6 is 11.6 Å². The van der Waals surface area contributed by atoms with Gasteiger partial charge in [-0.3, -0.25) is 9.80 Å². The van der Waals surface area contributed by atoms with Gasteiger partial charge in [0.2, 0.25) is 0 Å². The van der Waals surface area contributed by atoms with Crippen LogP contribution in [0.1, 0.15) is 38.2 Å². The van der Waals surface area contributed by atoms with E-state index in [1.165, 1.54) is 6.07 Å². The third kappa shape index (κ3) is 6.03. The van der Waals surface area contributed by atoms with Crippen molar-refractivity contribution in [3.63, 3.8) is 0 Å². The SMILES string of the molecule is CCCCC(O)CN1CCCN(Cc2c(F)cccc2Cl)CC1. The third-order valence-corrected chi connectivity index (χ3v) is 4.84. The van der Waals surface area contributed by atoms with Crippen molar-refractivity contribution < 1.29 is 9.50 Å². The van der Waals surface area contributed by atoms with Crippen molar-refractivity contribution in [1.82, 2.24) is 9.80 Å². The van der Waals surface area contributed by atoms with Crippen molar-refractivity contribution in [1.29, 1.82) is 0 Å². The quantitative estimate of drug-likeness (QED) is 0.821. The Morgan fingerprint density at radius 2 is 1.96 bits per heavy atom. The second-order valence-corrected chi connectivity index (χ2v) is 6.83. The lowest BCUT2D eigenvalue weighted by atomic mass is 10.1. The zero-order valence-corrected chi connectivity index (χ0v) is 14.7. The molecule has 1 aromatic rings. The van der Waals surface area contributed by atoms with Gasteiger partial charge in [0.25, 0.3) is 0 Å². The summed E-state index contributed by atoms with van der Waals surface area (Å²) in [5, 5.41) is 10.6. The molecule has 1 unspecified atom stereocenters. The number of unbranched alkanes of at least 4 members (excludes halogenated alkanes) is 1.